The molecule has 2 aromatic rings. The third kappa shape index (κ3) is 3.70. The van der Waals surface area contributed by atoms with Crippen LogP contribution in [0.5, 0.6) is 5.75 Å². The SMILES string of the molecule is COc1cccc(C2(N3CCN(c4ccccc4)CC3)CCC(C)CC2)c1. The average molecular weight is 365 g/mol. The van der Waals surface area contributed by atoms with Crippen molar-refractivity contribution in [2.24, 2.45) is 5.92 Å². The molecule has 1 saturated heterocycles. The van der Waals surface area contributed by atoms with Crippen LogP contribution in [-0.2, 0) is 5.54 Å². The molecule has 4 rings (SSSR count). The minimum absolute atomic E-state index is 0.170. The van der Waals surface area contributed by atoms with Gasteiger partial charge in [-0.25, -0.2) is 0 Å². The first kappa shape index (κ1) is 18.4. The summed E-state index contributed by atoms with van der Waals surface area (Å²) in [4.78, 5) is 5.30. The molecule has 0 radical (unpaired) electrons. The van der Waals surface area contributed by atoms with Gasteiger partial charge in [-0.05, 0) is 61.4 Å². The molecule has 2 fully saturated rings. The van der Waals surface area contributed by atoms with Crippen molar-refractivity contribution < 1.29 is 4.74 Å². The van der Waals surface area contributed by atoms with Crippen LogP contribution in [0.3, 0.4) is 0 Å². The van der Waals surface area contributed by atoms with Gasteiger partial charge in [-0.3, -0.25) is 4.90 Å². The van der Waals surface area contributed by atoms with Crippen LogP contribution in [0.1, 0.15) is 38.2 Å². The number of nitrogens with zero attached hydrogens (tertiary/aromatic N) is 2. The minimum Gasteiger partial charge on any atom is -0.497 e. The van der Waals surface area contributed by atoms with E-state index in [-0.39, 0.29) is 5.54 Å². The molecule has 3 nitrogen and oxygen atoms in total. The van der Waals surface area contributed by atoms with Crippen LogP contribution in [0, 0.1) is 5.92 Å². The average Bonchev–Trinajstić information content (AvgIpc) is 2.75. The summed E-state index contributed by atoms with van der Waals surface area (Å²) in [5.74, 6) is 1.82. The first-order valence-electron chi connectivity index (χ1n) is 10.4. The number of hydrogen-bond donors (Lipinski definition) is 0. The van der Waals surface area contributed by atoms with Crippen LogP contribution >= 0.6 is 0 Å². The Morgan fingerprint density at radius 2 is 1.59 bits per heavy atom. The van der Waals surface area contributed by atoms with Gasteiger partial charge in [0.15, 0.2) is 0 Å². The Bertz CT molecular complexity index is 729. The van der Waals surface area contributed by atoms with Gasteiger partial charge >= 0.3 is 0 Å². The van der Waals surface area contributed by atoms with E-state index in [0.29, 0.717) is 0 Å². The molecule has 1 saturated carbocycles. The van der Waals surface area contributed by atoms with E-state index < -0.39 is 0 Å². The second kappa shape index (κ2) is 7.93. The number of rotatable bonds is 4. The summed E-state index contributed by atoms with van der Waals surface area (Å²) in [7, 11) is 1.77. The van der Waals surface area contributed by atoms with Gasteiger partial charge in [0.1, 0.15) is 5.75 Å². The first-order chi connectivity index (χ1) is 13.2. The summed E-state index contributed by atoms with van der Waals surface area (Å²) in [5, 5.41) is 0. The van der Waals surface area contributed by atoms with E-state index in [1.165, 1.54) is 36.9 Å². The van der Waals surface area contributed by atoms with Gasteiger partial charge in [0.2, 0.25) is 0 Å². The van der Waals surface area contributed by atoms with Crippen LogP contribution in [-0.4, -0.2) is 38.2 Å². The highest BCUT2D eigenvalue weighted by atomic mass is 16.5. The number of para-hydroxylation sites is 1. The van der Waals surface area contributed by atoms with E-state index in [1.807, 2.05) is 0 Å². The van der Waals surface area contributed by atoms with Crippen molar-refractivity contribution in [1.82, 2.24) is 4.90 Å². The predicted molar refractivity (Wildman–Crippen MR) is 113 cm³/mol. The number of ether oxygens (including phenoxy) is 1. The number of piperazine rings is 1. The fourth-order valence-corrected chi connectivity index (χ4v) is 4.97. The van der Waals surface area contributed by atoms with Crippen LogP contribution in [0.15, 0.2) is 54.6 Å². The van der Waals surface area contributed by atoms with Crippen molar-refractivity contribution >= 4 is 5.69 Å². The van der Waals surface area contributed by atoms with E-state index >= 15 is 0 Å². The largest absolute Gasteiger partial charge is 0.497 e. The van der Waals surface area contributed by atoms with Crippen molar-refractivity contribution in [3.8, 4) is 5.75 Å². The highest BCUT2D eigenvalue weighted by Crippen LogP contribution is 2.45. The van der Waals surface area contributed by atoms with Gasteiger partial charge in [0, 0.05) is 37.4 Å². The summed E-state index contributed by atoms with van der Waals surface area (Å²) in [5.41, 5.74) is 2.97. The summed E-state index contributed by atoms with van der Waals surface area (Å²) in [6.45, 7) is 6.86. The van der Waals surface area contributed by atoms with Gasteiger partial charge in [0.05, 0.1) is 7.11 Å². The highest BCUT2D eigenvalue weighted by Gasteiger charge is 2.42. The number of hydrogen-bond acceptors (Lipinski definition) is 3. The summed E-state index contributed by atoms with van der Waals surface area (Å²) in [6.07, 6.45) is 5.14. The zero-order valence-electron chi connectivity index (χ0n) is 16.7. The second-order valence-electron chi connectivity index (χ2n) is 8.26. The first-order valence-corrected chi connectivity index (χ1v) is 10.4. The fraction of sp³-hybridized carbons (Fsp3) is 0.500. The lowest BCUT2D eigenvalue weighted by molar-refractivity contribution is 0.0297. The molecule has 0 bridgehead atoms. The van der Waals surface area contributed by atoms with Gasteiger partial charge in [0.25, 0.3) is 0 Å². The molecule has 1 aliphatic heterocycles. The van der Waals surface area contributed by atoms with Crippen LogP contribution in [0.25, 0.3) is 0 Å². The lowest BCUT2D eigenvalue weighted by atomic mass is 9.71. The Morgan fingerprint density at radius 1 is 0.889 bits per heavy atom. The molecular weight excluding hydrogens is 332 g/mol. The highest BCUT2D eigenvalue weighted by molar-refractivity contribution is 5.46. The molecular formula is C24H32N2O. The summed E-state index contributed by atoms with van der Waals surface area (Å²) >= 11 is 0. The molecule has 2 aromatic carbocycles. The third-order valence-corrected chi connectivity index (χ3v) is 6.71. The molecule has 144 valence electrons. The van der Waals surface area contributed by atoms with Crippen molar-refractivity contribution in [2.45, 2.75) is 38.1 Å². The van der Waals surface area contributed by atoms with Crippen molar-refractivity contribution in [1.29, 1.82) is 0 Å². The molecule has 3 heteroatoms. The van der Waals surface area contributed by atoms with Crippen molar-refractivity contribution in [3.63, 3.8) is 0 Å². The van der Waals surface area contributed by atoms with E-state index in [9.17, 15) is 0 Å². The second-order valence-corrected chi connectivity index (χ2v) is 8.26. The lowest BCUT2D eigenvalue weighted by Gasteiger charge is -2.51. The van der Waals surface area contributed by atoms with Crippen molar-refractivity contribution in [2.75, 3.05) is 38.2 Å². The molecule has 27 heavy (non-hydrogen) atoms. The van der Waals surface area contributed by atoms with Crippen LogP contribution < -0.4 is 9.64 Å². The Balaban J connectivity index is 1.57. The summed E-state index contributed by atoms with van der Waals surface area (Å²) in [6, 6.07) is 19.7. The zero-order chi connectivity index (χ0) is 18.7. The van der Waals surface area contributed by atoms with Gasteiger partial charge in [-0.1, -0.05) is 37.3 Å². The minimum atomic E-state index is 0.170. The zero-order valence-corrected chi connectivity index (χ0v) is 16.7. The Morgan fingerprint density at radius 3 is 2.26 bits per heavy atom. The third-order valence-electron chi connectivity index (χ3n) is 6.71. The van der Waals surface area contributed by atoms with E-state index in [1.54, 1.807) is 7.11 Å². The molecule has 0 aromatic heterocycles. The lowest BCUT2D eigenvalue weighted by Crippen LogP contribution is -2.56. The molecule has 1 heterocycles. The Labute approximate surface area is 163 Å². The molecule has 0 N–H and O–H groups in total. The van der Waals surface area contributed by atoms with Crippen LogP contribution in [0.2, 0.25) is 0 Å². The topological polar surface area (TPSA) is 15.7 Å². The maximum atomic E-state index is 5.55. The number of methoxy groups -OCH3 is 1. The Hall–Kier alpha value is -2.00. The van der Waals surface area contributed by atoms with E-state index in [0.717, 1.165) is 37.8 Å². The van der Waals surface area contributed by atoms with E-state index in [2.05, 4.69) is 71.3 Å². The molecule has 0 amide bonds. The normalized spacial score (nSPS) is 26.7. The molecule has 0 spiro atoms. The van der Waals surface area contributed by atoms with E-state index in [4.69, 9.17) is 4.74 Å². The predicted octanol–water partition coefficient (Wildman–Crippen LogP) is 4.92. The molecule has 0 atom stereocenters. The summed E-state index contributed by atoms with van der Waals surface area (Å²) < 4.78 is 5.55. The quantitative estimate of drug-likeness (QED) is 0.766. The molecule has 2 aliphatic rings. The molecule has 1 aliphatic carbocycles. The standard InChI is InChI=1S/C24H32N2O/c1-20-11-13-24(14-12-20,21-7-6-10-23(19-21)27-2)26-17-15-25(16-18-26)22-8-4-3-5-9-22/h3-10,19-20H,11-18H2,1-2H3. The monoisotopic (exact) mass is 364 g/mol. The van der Waals surface area contributed by atoms with Crippen molar-refractivity contribution in [3.05, 3.63) is 60.2 Å². The smallest absolute Gasteiger partial charge is 0.119 e. The number of benzene rings is 2. The van der Waals surface area contributed by atoms with Gasteiger partial charge in [-0.2, -0.15) is 0 Å². The number of anilines is 1. The molecule has 0 unspecified atom stereocenters. The maximum absolute atomic E-state index is 5.55. The van der Waals surface area contributed by atoms with Gasteiger partial charge in [-0.15, -0.1) is 0 Å². The van der Waals surface area contributed by atoms with Gasteiger partial charge < -0.3 is 9.64 Å². The fourth-order valence-electron chi connectivity index (χ4n) is 4.97. The maximum Gasteiger partial charge on any atom is 0.119 e. The van der Waals surface area contributed by atoms with Crippen LogP contribution in [0.4, 0.5) is 5.69 Å². The Kier molecular flexibility index (Phi) is 5.40.